The molecule has 168 valence electrons. The van der Waals surface area contributed by atoms with Crippen LogP contribution in [0.1, 0.15) is 22.8 Å². The molecule has 1 heterocycles. The summed E-state index contributed by atoms with van der Waals surface area (Å²) in [5, 5.41) is 7.51. The maximum Gasteiger partial charge on any atom is 0.271 e. The molecule has 2 N–H and O–H groups in total. The van der Waals surface area contributed by atoms with E-state index in [0.717, 1.165) is 5.56 Å². The second kappa shape index (κ2) is 10.1. The van der Waals surface area contributed by atoms with Gasteiger partial charge in [-0.15, -0.1) is 0 Å². The Morgan fingerprint density at radius 3 is 2.42 bits per heavy atom. The Hall–Kier alpha value is -4.04. The molecule has 9 heteroatoms. The predicted octanol–water partition coefficient (Wildman–Crippen LogP) is 4.24. The lowest BCUT2D eigenvalue weighted by molar-refractivity contribution is -0.118. The van der Waals surface area contributed by atoms with Crippen LogP contribution in [-0.4, -0.2) is 30.9 Å². The summed E-state index contributed by atoms with van der Waals surface area (Å²) in [6.07, 6.45) is 0. The first-order valence-electron chi connectivity index (χ1n) is 10.0. The summed E-state index contributed by atoms with van der Waals surface area (Å²) < 4.78 is 16.0. The topological polar surface area (TPSA) is 98.3 Å². The number of carbonyl (C=O) groups excluding carboxylic acids is 2. The number of benzene rings is 3. The monoisotopic (exact) mass is 465 g/mol. The Morgan fingerprint density at radius 1 is 0.970 bits per heavy atom. The second-order valence-corrected chi connectivity index (χ2v) is 7.51. The molecule has 2 amide bonds. The lowest BCUT2D eigenvalue weighted by atomic mass is 10.1. The number of amides is 2. The highest BCUT2D eigenvalue weighted by atomic mass is 35.5. The molecule has 33 heavy (non-hydrogen) atoms. The zero-order valence-electron chi connectivity index (χ0n) is 17.6. The van der Waals surface area contributed by atoms with E-state index in [1.54, 1.807) is 73.7 Å². The molecule has 3 aromatic carbocycles. The maximum atomic E-state index is 12.4. The number of nitrogens with one attached hydrogen (secondary N) is 2. The number of hydrazone groups is 1. The molecule has 0 atom stereocenters. The lowest BCUT2D eigenvalue weighted by Gasteiger charge is -2.08. The van der Waals surface area contributed by atoms with E-state index >= 15 is 0 Å². The number of fused-ring (bicyclic) bond motifs is 1. The fourth-order valence-corrected chi connectivity index (χ4v) is 3.10. The molecule has 1 aliphatic heterocycles. The van der Waals surface area contributed by atoms with Crippen molar-refractivity contribution in [3.63, 3.8) is 0 Å². The highest BCUT2D eigenvalue weighted by Crippen LogP contribution is 2.32. The minimum absolute atomic E-state index is 0.129. The molecule has 8 nitrogen and oxygen atoms in total. The molecule has 0 aromatic heterocycles. The first-order valence-corrected chi connectivity index (χ1v) is 10.4. The molecule has 3 aromatic rings. The molecular weight excluding hydrogens is 446 g/mol. The zero-order chi connectivity index (χ0) is 23.2. The molecule has 0 saturated heterocycles. The van der Waals surface area contributed by atoms with Crippen LogP contribution in [0.25, 0.3) is 0 Å². The minimum atomic E-state index is -0.364. The molecule has 0 saturated carbocycles. The van der Waals surface area contributed by atoms with Crippen LogP contribution in [0.5, 0.6) is 17.2 Å². The fourth-order valence-electron chi connectivity index (χ4n) is 2.97. The summed E-state index contributed by atoms with van der Waals surface area (Å²) >= 11 is 5.83. The van der Waals surface area contributed by atoms with Crippen LogP contribution < -0.4 is 25.0 Å². The van der Waals surface area contributed by atoms with Crippen molar-refractivity contribution >= 4 is 34.8 Å². The maximum absolute atomic E-state index is 12.4. The third-order valence-electron chi connectivity index (χ3n) is 4.73. The Kier molecular flexibility index (Phi) is 6.75. The van der Waals surface area contributed by atoms with E-state index in [-0.39, 0.29) is 25.2 Å². The van der Waals surface area contributed by atoms with Gasteiger partial charge in [0.2, 0.25) is 6.79 Å². The second-order valence-electron chi connectivity index (χ2n) is 7.07. The van der Waals surface area contributed by atoms with Crippen LogP contribution in [0, 0.1) is 0 Å². The molecule has 4 rings (SSSR count). The molecular formula is C24H20ClN3O5. The highest BCUT2D eigenvalue weighted by molar-refractivity contribution is 6.30. The van der Waals surface area contributed by atoms with E-state index in [0.29, 0.717) is 39.2 Å². The number of rotatable bonds is 7. The van der Waals surface area contributed by atoms with Gasteiger partial charge < -0.3 is 19.5 Å². The van der Waals surface area contributed by atoms with Gasteiger partial charge in [0, 0.05) is 16.3 Å². The predicted molar refractivity (Wildman–Crippen MR) is 124 cm³/mol. The highest BCUT2D eigenvalue weighted by Gasteiger charge is 2.16. The van der Waals surface area contributed by atoms with E-state index in [4.69, 9.17) is 25.8 Å². The third kappa shape index (κ3) is 5.81. The van der Waals surface area contributed by atoms with Gasteiger partial charge in [-0.25, -0.2) is 5.43 Å². The number of nitrogens with zero attached hydrogens (tertiary/aromatic N) is 1. The smallest absolute Gasteiger partial charge is 0.271 e. The minimum Gasteiger partial charge on any atom is -0.484 e. The van der Waals surface area contributed by atoms with Gasteiger partial charge in [-0.05, 0) is 67.1 Å². The molecule has 0 bridgehead atoms. The van der Waals surface area contributed by atoms with Gasteiger partial charge in [-0.1, -0.05) is 23.7 Å². The number of ether oxygens (including phenoxy) is 3. The SMILES string of the molecule is C/C(=N/NC(=O)c1ccc2c(c1)OCO2)c1ccc(NC(=O)COc2ccc(Cl)cc2)cc1. The van der Waals surface area contributed by atoms with Crippen molar-refractivity contribution in [2.75, 3.05) is 18.7 Å². The van der Waals surface area contributed by atoms with Crippen LogP contribution in [0.2, 0.25) is 5.02 Å². The van der Waals surface area contributed by atoms with Gasteiger partial charge >= 0.3 is 0 Å². The van der Waals surface area contributed by atoms with Gasteiger partial charge in [0.05, 0.1) is 5.71 Å². The van der Waals surface area contributed by atoms with E-state index in [9.17, 15) is 9.59 Å². The number of hydrogen-bond acceptors (Lipinski definition) is 6. The van der Waals surface area contributed by atoms with Gasteiger partial charge in [-0.2, -0.15) is 5.10 Å². The zero-order valence-corrected chi connectivity index (χ0v) is 18.4. The Balaban J connectivity index is 1.29. The first kappa shape index (κ1) is 22.2. The summed E-state index contributed by atoms with van der Waals surface area (Å²) in [6.45, 7) is 1.78. The summed E-state index contributed by atoms with van der Waals surface area (Å²) in [5.74, 6) is 1.03. The number of hydrogen-bond donors (Lipinski definition) is 2. The normalized spacial score (nSPS) is 12.2. The Morgan fingerprint density at radius 2 is 1.67 bits per heavy atom. The quantitative estimate of drug-likeness (QED) is 0.401. The van der Waals surface area contributed by atoms with Crippen molar-refractivity contribution in [3.05, 3.63) is 82.9 Å². The molecule has 0 fully saturated rings. The van der Waals surface area contributed by atoms with Gasteiger partial charge in [0.15, 0.2) is 18.1 Å². The van der Waals surface area contributed by atoms with Gasteiger partial charge in [0.25, 0.3) is 11.8 Å². The van der Waals surface area contributed by atoms with Crippen LogP contribution in [0.4, 0.5) is 5.69 Å². The van der Waals surface area contributed by atoms with Crippen LogP contribution >= 0.6 is 11.6 Å². The van der Waals surface area contributed by atoms with E-state index < -0.39 is 0 Å². The fraction of sp³-hybridized carbons (Fsp3) is 0.125. The van der Waals surface area contributed by atoms with Crippen molar-refractivity contribution in [1.29, 1.82) is 0 Å². The van der Waals surface area contributed by atoms with E-state index in [1.807, 2.05) is 0 Å². The molecule has 0 unspecified atom stereocenters. The molecule has 0 radical (unpaired) electrons. The number of anilines is 1. The molecule has 0 spiro atoms. The average molecular weight is 466 g/mol. The van der Waals surface area contributed by atoms with Crippen molar-refractivity contribution in [1.82, 2.24) is 5.43 Å². The number of carbonyl (C=O) groups is 2. The summed E-state index contributed by atoms with van der Waals surface area (Å²) in [7, 11) is 0. The average Bonchev–Trinajstić information content (AvgIpc) is 3.30. The van der Waals surface area contributed by atoms with Crippen molar-refractivity contribution in [2.24, 2.45) is 5.10 Å². The summed E-state index contributed by atoms with van der Waals surface area (Å²) in [6, 6.07) is 18.8. The largest absolute Gasteiger partial charge is 0.484 e. The van der Waals surface area contributed by atoms with Crippen LogP contribution in [0.3, 0.4) is 0 Å². The van der Waals surface area contributed by atoms with Gasteiger partial charge in [0.1, 0.15) is 5.75 Å². The third-order valence-corrected chi connectivity index (χ3v) is 4.98. The Labute approximate surface area is 195 Å². The van der Waals surface area contributed by atoms with E-state index in [1.165, 1.54) is 0 Å². The Bertz CT molecular complexity index is 1190. The lowest BCUT2D eigenvalue weighted by Crippen LogP contribution is -2.20. The van der Waals surface area contributed by atoms with Crippen molar-refractivity contribution < 1.29 is 23.8 Å². The van der Waals surface area contributed by atoms with Crippen LogP contribution in [0.15, 0.2) is 71.8 Å². The van der Waals surface area contributed by atoms with Gasteiger partial charge in [-0.3, -0.25) is 9.59 Å². The first-order chi connectivity index (χ1) is 16.0. The number of halogens is 1. The van der Waals surface area contributed by atoms with Crippen molar-refractivity contribution in [3.8, 4) is 17.2 Å². The molecule has 1 aliphatic rings. The van der Waals surface area contributed by atoms with Crippen LogP contribution in [-0.2, 0) is 4.79 Å². The summed E-state index contributed by atoms with van der Waals surface area (Å²) in [5.41, 5.74) is 4.95. The van der Waals surface area contributed by atoms with E-state index in [2.05, 4.69) is 15.8 Å². The van der Waals surface area contributed by atoms with Crippen molar-refractivity contribution in [2.45, 2.75) is 6.92 Å². The standard InChI is InChI=1S/C24H20ClN3O5/c1-15(27-28-24(30)17-4-11-21-22(12-17)33-14-32-21)16-2-7-19(8-3-16)26-23(29)13-31-20-9-5-18(25)6-10-20/h2-12H,13-14H2,1H3,(H,26,29)(H,28,30)/b27-15-. The summed E-state index contributed by atoms with van der Waals surface area (Å²) in [4.78, 5) is 24.5. The molecule has 0 aliphatic carbocycles.